The summed E-state index contributed by atoms with van der Waals surface area (Å²) in [4.78, 5) is 0. The zero-order chi connectivity index (χ0) is 12.3. The van der Waals surface area contributed by atoms with E-state index in [2.05, 4.69) is 12.2 Å². The van der Waals surface area contributed by atoms with Crippen LogP contribution in [0.4, 0.5) is 0 Å². The molecule has 0 aromatic heterocycles. The maximum absolute atomic E-state index is 6.16. The molecule has 2 rings (SSSR count). The van der Waals surface area contributed by atoms with E-state index in [1.54, 1.807) is 0 Å². The molecular weight excluding hydrogens is 257 g/mol. The highest BCUT2D eigenvalue weighted by Gasteiger charge is 2.18. The van der Waals surface area contributed by atoms with Gasteiger partial charge >= 0.3 is 0 Å². The van der Waals surface area contributed by atoms with Crippen molar-refractivity contribution in [3.63, 3.8) is 0 Å². The van der Waals surface area contributed by atoms with E-state index in [-0.39, 0.29) is 0 Å². The molecule has 2 atom stereocenters. The number of hydrogen-bond acceptors (Lipinski definition) is 2. The second-order valence-corrected chi connectivity index (χ2v) is 5.34. The fraction of sp³-hybridized carbons (Fsp3) is 0.538. The van der Waals surface area contributed by atoms with Crippen molar-refractivity contribution in [2.45, 2.75) is 31.8 Å². The van der Waals surface area contributed by atoms with Crippen LogP contribution in [0.1, 0.15) is 18.9 Å². The van der Waals surface area contributed by atoms with Gasteiger partial charge in [-0.2, -0.15) is 0 Å². The Morgan fingerprint density at radius 1 is 1.35 bits per heavy atom. The van der Waals surface area contributed by atoms with E-state index < -0.39 is 0 Å². The molecule has 0 amide bonds. The normalized spacial score (nSPS) is 24.9. The van der Waals surface area contributed by atoms with E-state index in [9.17, 15) is 0 Å². The molecule has 1 saturated heterocycles. The van der Waals surface area contributed by atoms with Crippen molar-refractivity contribution in [3.05, 3.63) is 33.8 Å². The number of rotatable bonds is 3. The van der Waals surface area contributed by atoms with Crippen LogP contribution in [-0.2, 0) is 11.2 Å². The third-order valence-electron chi connectivity index (χ3n) is 3.00. The van der Waals surface area contributed by atoms with Gasteiger partial charge in [-0.1, -0.05) is 35.3 Å². The van der Waals surface area contributed by atoms with Gasteiger partial charge in [0.25, 0.3) is 0 Å². The average Bonchev–Trinajstić information content (AvgIpc) is 2.31. The van der Waals surface area contributed by atoms with Crippen LogP contribution in [0.2, 0.25) is 10.0 Å². The van der Waals surface area contributed by atoms with Crippen molar-refractivity contribution < 1.29 is 4.74 Å². The molecule has 0 bridgehead atoms. The SMILES string of the molecule is CC1COCC(CCc2cccc(Cl)c2Cl)N1. The van der Waals surface area contributed by atoms with E-state index in [1.165, 1.54) is 0 Å². The zero-order valence-electron chi connectivity index (χ0n) is 9.88. The van der Waals surface area contributed by atoms with Crippen LogP contribution >= 0.6 is 23.2 Å². The molecule has 2 unspecified atom stereocenters. The highest BCUT2D eigenvalue weighted by molar-refractivity contribution is 6.42. The summed E-state index contributed by atoms with van der Waals surface area (Å²) >= 11 is 12.1. The maximum atomic E-state index is 6.16. The first-order valence-electron chi connectivity index (χ1n) is 5.93. The standard InChI is InChI=1S/C13H17Cl2NO/c1-9-7-17-8-11(16-9)6-5-10-3-2-4-12(14)13(10)15/h2-4,9,11,16H,5-8H2,1H3. The number of benzene rings is 1. The van der Waals surface area contributed by atoms with Crippen molar-refractivity contribution in [1.82, 2.24) is 5.32 Å². The Hall–Kier alpha value is -0.280. The van der Waals surface area contributed by atoms with Gasteiger partial charge in [0.1, 0.15) is 0 Å². The van der Waals surface area contributed by atoms with Gasteiger partial charge in [0.15, 0.2) is 0 Å². The number of halogens is 2. The first-order valence-corrected chi connectivity index (χ1v) is 6.69. The van der Waals surface area contributed by atoms with Gasteiger partial charge in [-0.3, -0.25) is 0 Å². The molecule has 0 radical (unpaired) electrons. The molecule has 0 aliphatic carbocycles. The van der Waals surface area contributed by atoms with Gasteiger partial charge in [0.2, 0.25) is 0 Å². The number of ether oxygens (including phenoxy) is 1. The minimum Gasteiger partial charge on any atom is -0.378 e. The number of nitrogens with one attached hydrogen (secondary N) is 1. The largest absolute Gasteiger partial charge is 0.378 e. The molecule has 1 heterocycles. The number of morpholine rings is 1. The van der Waals surface area contributed by atoms with Crippen molar-refractivity contribution in [3.8, 4) is 0 Å². The van der Waals surface area contributed by atoms with Crippen LogP contribution in [-0.4, -0.2) is 25.3 Å². The van der Waals surface area contributed by atoms with E-state index >= 15 is 0 Å². The Kier molecular flexibility index (Phi) is 4.69. The number of hydrogen-bond donors (Lipinski definition) is 1. The van der Waals surface area contributed by atoms with Crippen LogP contribution in [0.15, 0.2) is 18.2 Å². The summed E-state index contributed by atoms with van der Waals surface area (Å²) in [5, 5.41) is 4.83. The van der Waals surface area contributed by atoms with Crippen molar-refractivity contribution in [1.29, 1.82) is 0 Å². The lowest BCUT2D eigenvalue weighted by Gasteiger charge is -2.29. The second-order valence-electron chi connectivity index (χ2n) is 4.55. The smallest absolute Gasteiger partial charge is 0.0624 e. The Balaban J connectivity index is 1.91. The Morgan fingerprint density at radius 3 is 2.94 bits per heavy atom. The van der Waals surface area contributed by atoms with Gasteiger partial charge in [0.05, 0.1) is 23.3 Å². The molecule has 1 aromatic carbocycles. The molecule has 1 fully saturated rings. The summed E-state index contributed by atoms with van der Waals surface area (Å²) in [6.45, 7) is 3.72. The first-order chi connectivity index (χ1) is 8.16. The zero-order valence-corrected chi connectivity index (χ0v) is 11.4. The minimum absolute atomic E-state index is 0.411. The molecule has 17 heavy (non-hydrogen) atoms. The summed E-state index contributed by atoms with van der Waals surface area (Å²) in [5.41, 5.74) is 1.11. The summed E-state index contributed by atoms with van der Waals surface area (Å²) in [5.74, 6) is 0. The topological polar surface area (TPSA) is 21.3 Å². The van der Waals surface area contributed by atoms with Crippen LogP contribution in [0, 0.1) is 0 Å². The first kappa shape index (κ1) is 13.2. The summed E-state index contributed by atoms with van der Waals surface area (Å²) in [6.07, 6.45) is 1.94. The van der Waals surface area contributed by atoms with Gasteiger partial charge in [0, 0.05) is 12.1 Å². The fourth-order valence-electron chi connectivity index (χ4n) is 2.12. The molecule has 1 aliphatic rings. The third-order valence-corrected chi connectivity index (χ3v) is 3.86. The number of aryl methyl sites for hydroxylation is 1. The fourth-order valence-corrected chi connectivity index (χ4v) is 2.54. The Morgan fingerprint density at radius 2 is 2.18 bits per heavy atom. The molecule has 0 spiro atoms. The van der Waals surface area contributed by atoms with Crippen LogP contribution < -0.4 is 5.32 Å². The minimum atomic E-state index is 0.411. The highest BCUT2D eigenvalue weighted by atomic mass is 35.5. The van der Waals surface area contributed by atoms with Crippen LogP contribution in [0.25, 0.3) is 0 Å². The molecule has 1 aliphatic heterocycles. The van der Waals surface area contributed by atoms with Gasteiger partial charge in [-0.25, -0.2) is 0 Å². The van der Waals surface area contributed by atoms with Crippen molar-refractivity contribution in [2.75, 3.05) is 13.2 Å². The molecule has 94 valence electrons. The predicted octanol–water partition coefficient (Wildman–Crippen LogP) is 3.30. The van der Waals surface area contributed by atoms with E-state index in [1.807, 2.05) is 18.2 Å². The third kappa shape index (κ3) is 3.59. The Labute approximate surface area is 112 Å². The quantitative estimate of drug-likeness (QED) is 0.913. The molecular formula is C13H17Cl2NO. The van der Waals surface area contributed by atoms with Crippen LogP contribution in [0.3, 0.4) is 0 Å². The van der Waals surface area contributed by atoms with Gasteiger partial charge in [-0.05, 0) is 31.4 Å². The molecule has 2 nitrogen and oxygen atoms in total. The summed E-state index contributed by atoms with van der Waals surface area (Å²) in [7, 11) is 0. The summed E-state index contributed by atoms with van der Waals surface area (Å²) < 4.78 is 5.52. The van der Waals surface area contributed by atoms with E-state index in [0.717, 1.165) is 31.6 Å². The molecule has 4 heteroatoms. The lowest BCUT2D eigenvalue weighted by molar-refractivity contribution is 0.0483. The van der Waals surface area contributed by atoms with Crippen LogP contribution in [0.5, 0.6) is 0 Å². The summed E-state index contributed by atoms with van der Waals surface area (Å²) in [6, 6.07) is 6.63. The molecule has 0 saturated carbocycles. The highest BCUT2D eigenvalue weighted by Crippen LogP contribution is 2.26. The van der Waals surface area contributed by atoms with E-state index in [4.69, 9.17) is 27.9 Å². The van der Waals surface area contributed by atoms with Gasteiger partial charge in [-0.15, -0.1) is 0 Å². The van der Waals surface area contributed by atoms with Gasteiger partial charge < -0.3 is 10.1 Å². The predicted molar refractivity (Wildman–Crippen MR) is 72.0 cm³/mol. The average molecular weight is 274 g/mol. The maximum Gasteiger partial charge on any atom is 0.0624 e. The van der Waals surface area contributed by atoms with E-state index in [0.29, 0.717) is 22.1 Å². The Bertz CT molecular complexity index is 384. The second kappa shape index (κ2) is 6.05. The monoisotopic (exact) mass is 273 g/mol. The molecule has 1 N–H and O–H groups in total. The molecule has 1 aromatic rings. The van der Waals surface area contributed by atoms with Crippen molar-refractivity contribution >= 4 is 23.2 Å². The van der Waals surface area contributed by atoms with Crippen molar-refractivity contribution in [2.24, 2.45) is 0 Å². The lowest BCUT2D eigenvalue weighted by atomic mass is 10.0. The lowest BCUT2D eigenvalue weighted by Crippen LogP contribution is -2.47.